The van der Waals surface area contributed by atoms with Crippen LogP contribution in [0.15, 0.2) is 11.8 Å². The molecule has 10 nitrogen and oxygen atoms in total. The number of fused-ring (bicyclic) bond motifs is 2. The average molecular weight is 499 g/mol. The van der Waals surface area contributed by atoms with E-state index in [9.17, 15) is 24.6 Å². The van der Waals surface area contributed by atoms with Gasteiger partial charge in [0.25, 0.3) is 6.29 Å². The maximum atomic E-state index is 12.8. The number of carbonyl (C=O) groups is 3. The molecule has 0 bridgehead atoms. The molecule has 0 amide bonds. The average Bonchev–Trinajstić information content (AvgIpc) is 3.46. The molecule has 1 spiro atoms. The van der Waals surface area contributed by atoms with Crippen LogP contribution in [0.4, 0.5) is 0 Å². The van der Waals surface area contributed by atoms with Gasteiger partial charge in [-0.25, -0.2) is 4.79 Å². The third-order valence-electron chi connectivity index (χ3n) is 6.62. The largest absolute Gasteiger partial charge is 0.462 e. The molecule has 2 N–H and O–H groups in total. The van der Waals surface area contributed by atoms with E-state index in [1.807, 2.05) is 27.7 Å². The van der Waals surface area contributed by atoms with Gasteiger partial charge in [0, 0.05) is 30.8 Å². The van der Waals surface area contributed by atoms with Crippen molar-refractivity contribution >= 4 is 17.9 Å². The Kier molecular flexibility index (Phi) is 8.18. The molecule has 2 aliphatic heterocycles. The van der Waals surface area contributed by atoms with Crippen molar-refractivity contribution in [1.82, 2.24) is 0 Å². The summed E-state index contributed by atoms with van der Waals surface area (Å²) < 4.78 is 27.5. The summed E-state index contributed by atoms with van der Waals surface area (Å²) in [4.78, 5) is 37.2. The normalized spacial score (nSPS) is 32.2. The molecule has 1 saturated heterocycles. The summed E-state index contributed by atoms with van der Waals surface area (Å²) in [5.41, 5.74) is -2.58. The number of carbonyl (C=O) groups excluding carboxylic acids is 3. The second-order valence-corrected chi connectivity index (χ2v) is 11.0. The Hall–Kier alpha value is -2.17. The van der Waals surface area contributed by atoms with E-state index in [1.165, 1.54) is 6.26 Å². The molecule has 35 heavy (non-hydrogen) atoms. The van der Waals surface area contributed by atoms with Crippen molar-refractivity contribution in [2.75, 3.05) is 13.2 Å². The number of hydrogen-bond acceptors (Lipinski definition) is 10. The van der Waals surface area contributed by atoms with Crippen LogP contribution >= 0.6 is 0 Å². The Balaban J connectivity index is 1.73. The lowest BCUT2D eigenvalue weighted by molar-refractivity contribution is -0.208. The first-order valence-electron chi connectivity index (χ1n) is 12.2. The SMILES string of the molecule is CC(C)CC(=O)OC(C(=O)OCC1=CO[C@@H](OC(=O)CC(C)C)[C@@H]2[C@@]3(CO3)[C@@H](O)C[C@@]12O)C(C)C. The van der Waals surface area contributed by atoms with E-state index in [2.05, 4.69) is 0 Å². The Labute approximate surface area is 205 Å². The fourth-order valence-electron chi connectivity index (χ4n) is 4.75. The van der Waals surface area contributed by atoms with Crippen molar-refractivity contribution in [3.8, 4) is 0 Å². The van der Waals surface area contributed by atoms with Gasteiger partial charge in [-0.2, -0.15) is 0 Å². The topological polar surface area (TPSA) is 141 Å². The summed E-state index contributed by atoms with van der Waals surface area (Å²) in [5, 5.41) is 22.3. The molecular formula is C25H38O10. The molecular weight excluding hydrogens is 460 g/mol. The number of aliphatic hydroxyl groups excluding tert-OH is 1. The Morgan fingerprint density at radius 1 is 1.09 bits per heavy atom. The highest BCUT2D eigenvalue weighted by molar-refractivity contribution is 5.79. The highest BCUT2D eigenvalue weighted by atomic mass is 16.7. The van der Waals surface area contributed by atoms with E-state index in [0.717, 1.165) is 0 Å². The molecule has 0 aromatic carbocycles. The third kappa shape index (κ3) is 5.81. The molecule has 1 unspecified atom stereocenters. The maximum Gasteiger partial charge on any atom is 0.348 e. The van der Waals surface area contributed by atoms with E-state index in [0.29, 0.717) is 0 Å². The van der Waals surface area contributed by atoms with Gasteiger partial charge in [-0.05, 0) is 11.8 Å². The van der Waals surface area contributed by atoms with Gasteiger partial charge in [-0.15, -0.1) is 0 Å². The minimum absolute atomic E-state index is 0.0688. The summed E-state index contributed by atoms with van der Waals surface area (Å²) in [7, 11) is 0. The van der Waals surface area contributed by atoms with E-state index >= 15 is 0 Å². The first kappa shape index (κ1) is 27.4. The van der Waals surface area contributed by atoms with Gasteiger partial charge in [0.1, 0.15) is 17.8 Å². The van der Waals surface area contributed by atoms with Crippen LogP contribution in [0.2, 0.25) is 0 Å². The van der Waals surface area contributed by atoms with Gasteiger partial charge in [-0.3, -0.25) is 9.59 Å². The second-order valence-electron chi connectivity index (χ2n) is 11.0. The van der Waals surface area contributed by atoms with Crippen molar-refractivity contribution in [3.05, 3.63) is 11.8 Å². The Morgan fingerprint density at radius 2 is 1.69 bits per heavy atom. The molecule has 1 aliphatic carbocycles. The van der Waals surface area contributed by atoms with Crippen molar-refractivity contribution < 1.29 is 48.3 Å². The number of aliphatic hydroxyl groups is 2. The highest BCUT2D eigenvalue weighted by Gasteiger charge is 2.75. The van der Waals surface area contributed by atoms with Crippen LogP contribution in [0.1, 0.15) is 60.8 Å². The molecule has 10 heteroatoms. The van der Waals surface area contributed by atoms with Gasteiger partial charge in [0.05, 0.1) is 24.9 Å². The smallest absolute Gasteiger partial charge is 0.348 e. The van der Waals surface area contributed by atoms with Crippen molar-refractivity contribution in [2.24, 2.45) is 23.7 Å². The summed E-state index contributed by atoms with van der Waals surface area (Å²) in [6, 6.07) is 0. The van der Waals surface area contributed by atoms with Crippen LogP contribution in [-0.4, -0.2) is 71.0 Å². The van der Waals surface area contributed by atoms with Gasteiger partial charge in [0.2, 0.25) is 6.10 Å². The molecule has 2 fully saturated rings. The summed E-state index contributed by atoms with van der Waals surface area (Å²) >= 11 is 0. The molecule has 0 radical (unpaired) electrons. The quantitative estimate of drug-likeness (QED) is 0.260. The maximum absolute atomic E-state index is 12.8. The van der Waals surface area contributed by atoms with Gasteiger partial charge < -0.3 is 33.9 Å². The van der Waals surface area contributed by atoms with Crippen LogP contribution in [0.5, 0.6) is 0 Å². The molecule has 0 aromatic rings. The minimum Gasteiger partial charge on any atom is -0.462 e. The summed E-state index contributed by atoms with van der Waals surface area (Å²) in [6.45, 7) is 10.8. The molecule has 6 atom stereocenters. The van der Waals surface area contributed by atoms with E-state index < -0.39 is 53.5 Å². The minimum atomic E-state index is -1.68. The molecule has 3 aliphatic rings. The van der Waals surface area contributed by atoms with Crippen LogP contribution < -0.4 is 0 Å². The van der Waals surface area contributed by atoms with E-state index in [-0.39, 0.29) is 55.8 Å². The first-order chi connectivity index (χ1) is 16.3. The zero-order valence-electron chi connectivity index (χ0n) is 21.3. The fraction of sp³-hybridized carbons (Fsp3) is 0.800. The second kappa shape index (κ2) is 10.4. The lowest BCUT2D eigenvalue weighted by atomic mass is 9.79. The third-order valence-corrected chi connectivity index (χ3v) is 6.62. The van der Waals surface area contributed by atoms with Crippen LogP contribution in [0, 0.1) is 23.7 Å². The highest BCUT2D eigenvalue weighted by Crippen LogP contribution is 2.58. The first-order valence-corrected chi connectivity index (χ1v) is 12.2. The summed E-state index contributed by atoms with van der Waals surface area (Å²) in [5.74, 6) is -2.81. The molecule has 2 heterocycles. The standard InChI is InChI=1S/C25H38O10/c1-13(2)7-18(27)34-20(15(5)6)22(29)31-10-16-11-32-23(35-19(28)8-14(3)4)21-24(16,30)9-17(26)25(21)12-33-25/h11,13-15,17,20-21,23,26,30H,7-10,12H2,1-6H3/t17-,20?,21-,23-,24+,25+/m0/s1. The molecule has 3 rings (SSSR count). The monoisotopic (exact) mass is 498 g/mol. The number of esters is 3. The van der Waals surface area contributed by atoms with Crippen molar-refractivity contribution in [2.45, 2.75) is 90.5 Å². The predicted molar refractivity (Wildman–Crippen MR) is 121 cm³/mol. The Bertz CT molecular complexity index is 843. The van der Waals surface area contributed by atoms with Crippen molar-refractivity contribution in [1.29, 1.82) is 0 Å². The van der Waals surface area contributed by atoms with Gasteiger partial charge >= 0.3 is 17.9 Å². The van der Waals surface area contributed by atoms with Crippen LogP contribution in [0.25, 0.3) is 0 Å². The van der Waals surface area contributed by atoms with Crippen molar-refractivity contribution in [3.63, 3.8) is 0 Å². The number of ether oxygens (including phenoxy) is 5. The number of hydrogen-bond donors (Lipinski definition) is 2. The van der Waals surface area contributed by atoms with Gasteiger partial charge in [-0.1, -0.05) is 41.5 Å². The van der Waals surface area contributed by atoms with E-state index in [1.54, 1.807) is 13.8 Å². The predicted octanol–water partition coefficient (Wildman–Crippen LogP) is 1.85. The zero-order valence-corrected chi connectivity index (χ0v) is 21.3. The van der Waals surface area contributed by atoms with Gasteiger partial charge in [0.15, 0.2) is 0 Å². The summed E-state index contributed by atoms with van der Waals surface area (Å²) in [6.07, 6.45) is -1.83. The lowest BCUT2D eigenvalue weighted by Gasteiger charge is -2.40. The molecule has 0 aromatic heterocycles. The number of epoxide rings is 1. The van der Waals surface area contributed by atoms with E-state index in [4.69, 9.17) is 23.7 Å². The Morgan fingerprint density at radius 3 is 2.23 bits per heavy atom. The van der Waals surface area contributed by atoms with Crippen LogP contribution in [0.3, 0.4) is 0 Å². The molecule has 198 valence electrons. The van der Waals surface area contributed by atoms with Crippen LogP contribution in [-0.2, 0) is 38.1 Å². The zero-order chi connectivity index (χ0) is 26.1. The lowest BCUT2D eigenvalue weighted by Crippen LogP contribution is -2.53. The fourth-order valence-corrected chi connectivity index (χ4v) is 4.75. The number of rotatable bonds is 10. The molecule has 1 saturated carbocycles.